The number of hydrogen-bond donors (Lipinski definition) is 0. The molecule has 0 radical (unpaired) electrons. The molecule has 2 heterocycles. The molecule has 2 aliphatic rings. The smallest absolute Gasteiger partial charge is 0.164 e. The summed E-state index contributed by atoms with van der Waals surface area (Å²) < 4.78 is 0. The Morgan fingerprint density at radius 1 is 0.266 bits per heavy atom. The Morgan fingerprint density at radius 3 is 1.06 bits per heavy atom. The van der Waals surface area contributed by atoms with E-state index in [2.05, 4.69) is 123 Å². The average Bonchev–Trinajstić information content (AvgIpc) is 3.67. The van der Waals surface area contributed by atoms with Crippen molar-refractivity contribution in [1.29, 1.82) is 0 Å². The van der Waals surface area contributed by atoms with Gasteiger partial charge >= 0.3 is 0 Å². The third-order valence-corrected chi connectivity index (χ3v) is 13.1. The van der Waals surface area contributed by atoms with Crippen LogP contribution in [0.3, 0.4) is 0 Å². The van der Waals surface area contributed by atoms with Gasteiger partial charge in [0, 0.05) is 38.8 Å². The molecule has 0 bridgehead atoms. The molecular weight excluding hydrogens is 781 g/mol. The molecule has 0 atom stereocenters. The van der Waals surface area contributed by atoms with Crippen LogP contribution in [0.2, 0.25) is 0 Å². The highest BCUT2D eigenvalue weighted by Crippen LogP contribution is 2.63. The maximum absolute atomic E-state index is 5.31. The molecule has 8 aromatic carbocycles. The largest absolute Gasteiger partial charge is 0.208 e. The van der Waals surface area contributed by atoms with Gasteiger partial charge in [-0.3, -0.25) is 0 Å². The van der Waals surface area contributed by atoms with Crippen molar-refractivity contribution < 1.29 is 0 Å². The van der Waals surface area contributed by atoms with Crippen LogP contribution in [-0.2, 0) is 10.8 Å². The Balaban J connectivity index is 1.17. The van der Waals surface area contributed by atoms with Crippen molar-refractivity contribution in [2.45, 2.75) is 24.7 Å². The minimum absolute atomic E-state index is 0.241. The van der Waals surface area contributed by atoms with Crippen LogP contribution in [0.1, 0.15) is 47.2 Å². The lowest BCUT2D eigenvalue weighted by molar-refractivity contribution is 0.563. The quantitative estimate of drug-likeness (QED) is 0.166. The van der Waals surface area contributed by atoms with Gasteiger partial charge in [-0.1, -0.05) is 214 Å². The van der Waals surface area contributed by atoms with Crippen molar-refractivity contribution in [3.05, 3.63) is 240 Å². The van der Waals surface area contributed by atoms with Crippen molar-refractivity contribution in [1.82, 2.24) is 29.9 Å². The second kappa shape index (κ2) is 14.7. The molecule has 6 nitrogen and oxygen atoms in total. The van der Waals surface area contributed by atoms with E-state index in [0.29, 0.717) is 34.9 Å². The molecule has 2 aromatic heterocycles. The fraction of sp³-hybridized carbons (Fsp3) is 0.0690. The van der Waals surface area contributed by atoms with E-state index in [1.807, 2.05) is 97.1 Å². The van der Waals surface area contributed by atoms with Gasteiger partial charge < -0.3 is 0 Å². The monoisotopic (exact) mass is 820 g/mol. The van der Waals surface area contributed by atoms with Gasteiger partial charge in [-0.25, -0.2) is 29.9 Å². The lowest BCUT2D eigenvalue weighted by Gasteiger charge is -2.46. The highest BCUT2D eigenvalue weighted by molar-refractivity contribution is 5.97. The van der Waals surface area contributed by atoms with E-state index in [0.717, 1.165) is 44.5 Å². The third-order valence-electron chi connectivity index (χ3n) is 13.1. The molecule has 0 unspecified atom stereocenters. The van der Waals surface area contributed by atoms with E-state index in [1.165, 1.54) is 33.4 Å². The zero-order valence-electron chi connectivity index (χ0n) is 35.3. The average molecular weight is 821 g/mol. The van der Waals surface area contributed by atoms with Gasteiger partial charge in [-0.15, -0.1) is 0 Å². The number of rotatable bonds is 6. The molecule has 0 saturated carbocycles. The molecule has 0 aliphatic heterocycles. The zero-order valence-corrected chi connectivity index (χ0v) is 35.3. The van der Waals surface area contributed by atoms with Crippen LogP contribution in [0, 0.1) is 0 Å². The summed E-state index contributed by atoms with van der Waals surface area (Å²) in [5.74, 6) is 3.67. The van der Waals surface area contributed by atoms with Gasteiger partial charge in [0.05, 0.1) is 5.41 Å². The molecule has 0 amide bonds. The topological polar surface area (TPSA) is 77.3 Å². The highest BCUT2D eigenvalue weighted by atomic mass is 15.0. The lowest BCUT2D eigenvalue weighted by Crippen LogP contribution is -2.40. The summed E-state index contributed by atoms with van der Waals surface area (Å²) in [5.41, 5.74) is 14.3. The number of nitrogens with zero attached hydrogens (tertiary/aromatic N) is 6. The first kappa shape index (κ1) is 37.5. The number of benzene rings is 8. The Bertz CT molecular complexity index is 3240. The molecule has 302 valence electrons. The van der Waals surface area contributed by atoms with E-state index in [1.54, 1.807) is 0 Å². The molecule has 12 rings (SSSR count). The standard InChI is InChI=1S/C58H40N6/c1-57(2)45-29-15-17-31-47(45)58(48-32-18-16-30-46(48)57)44-35-34-41(55-61-51(37-20-7-3-8-21-37)59-52(62-55)38-22-9-4-10-23-38)36-43(44)50-42(28-19-33-49(50)58)56-63-53(39-24-11-5-12-25-39)60-54(64-56)40-26-13-6-14-27-40/h3-36H,1-2H3. The van der Waals surface area contributed by atoms with Gasteiger partial charge in [-0.05, 0) is 50.6 Å². The Hall–Kier alpha value is -8.22. The minimum Gasteiger partial charge on any atom is -0.208 e. The van der Waals surface area contributed by atoms with Crippen molar-refractivity contribution >= 4 is 0 Å². The van der Waals surface area contributed by atoms with Crippen molar-refractivity contribution in [2.24, 2.45) is 0 Å². The molecule has 6 heteroatoms. The predicted octanol–water partition coefficient (Wildman–Crippen LogP) is 13.1. The lowest BCUT2D eigenvalue weighted by atomic mass is 9.55. The molecule has 2 aliphatic carbocycles. The first-order chi connectivity index (χ1) is 31.5. The maximum Gasteiger partial charge on any atom is 0.164 e. The molecule has 64 heavy (non-hydrogen) atoms. The normalized spacial score (nSPS) is 13.7. The Kier molecular flexibility index (Phi) is 8.63. The van der Waals surface area contributed by atoms with Crippen molar-refractivity contribution in [3.8, 4) is 79.5 Å². The third kappa shape index (κ3) is 5.80. The summed E-state index contributed by atoms with van der Waals surface area (Å²) in [6.45, 7) is 4.70. The summed E-state index contributed by atoms with van der Waals surface area (Å²) in [4.78, 5) is 31.1. The van der Waals surface area contributed by atoms with Crippen LogP contribution < -0.4 is 0 Å². The van der Waals surface area contributed by atoms with Crippen LogP contribution in [0.5, 0.6) is 0 Å². The molecule has 0 N–H and O–H groups in total. The first-order valence-electron chi connectivity index (χ1n) is 21.7. The van der Waals surface area contributed by atoms with Crippen LogP contribution in [-0.4, -0.2) is 29.9 Å². The summed E-state index contributed by atoms with van der Waals surface area (Å²) >= 11 is 0. The summed E-state index contributed by atoms with van der Waals surface area (Å²) in [6, 6.07) is 72.1. The predicted molar refractivity (Wildman–Crippen MR) is 255 cm³/mol. The molecule has 0 fully saturated rings. The fourth-order valence-electron chi connectivity index (χ4n) is 10.2. The maximum atomic E-state index is 5.31. The summed E-state index contributed by atoms with van der Waals surface area (Å²) in [7, 11) is 0. The summed E-state index contributed by atoms with van der Waals surface area (Å²) in [5, 5.41) is 0. The van der Waals surface area contributed by atoms with Crippen molar-refractivity contribution in [3.63, 3.8) is 0 Å². The van der Waals surface area contributed by atoms with Gasteiger partial charge in [0.25, 0.3) is 0 Å². The van der Waals surface area contributed by atoms with Crippen molar-refractivity contribution in [2.75, 3.05) is 0 Å². The number of aromatic nitrogens is 6. The SMILES string of the molecule is CC1(C)c2ccccc2C2(c3ccc(-c4nc(-c5ccccc5)nc(-c5ccccc5)n4)cc3-c3c(-c4nc(-c5ccccc5)nc(-c5ccccc5)n4)cccc32)c2ccccc21. The van der Waals surface area contributed by atoms with Crippen LogP contribution in [0.15, 0.2) is 206 Å². The fourth-order valence-corrected chi connectivity index (χ4v) is 10.2. The summed E-state index contributed by atoms with van der Waals surface area (Å²) in [6.07, 6.45) is 0. The second-order valence-corrected chi connectivity index (χ2v) is 17.0. The zero-order chi connectivity index (χ0) is 42.8. The van der Waals surface area contributed by atoms with Gasteiger partial charge in [-0.2, -0.15) is 0 Å². The van der Waals surface area contributed by atoms with E-state index in [-0.39, 0.29) is 5.41 Å². The van der Waals surface area contributed by atoms with Crippen LogP contribution >= 0.6 is 0 Å². The van der Waals surface area contributed by atoms with Crippen LogP contribution in [0.25, 0.3) is 79.5 Å². The molecule has 1 spiro atoms. The van der Waals surface area contributed by atoms with Gasteiger partial charge in [0.1, 0.15) is 0 Å². The second-order valence-electron chi connectivity index (χ2n) is 17.0. The minimum atomic E-state index is -0.650. The molecular formula is C58H40N6. The van der Waals surface area contributed by atoms with E-state index >= 15 is 0 Å². The van der Waals surface area contributed by atoms with Gasteiger partial charge in [0.15, 0.2) is 34.9 Å². The molecule has 0 saturated heterocycles. The Labute approximate surface area is 372 Å². The number of fused-ring (bicyclic) bond motifs is 9. The Morgan fingerprint density at radius 2 is 0.625 bits per heavy atom. The van der Waals surface area contributed by atoms with E-state index in [4.69, 9.17) is 29.9 Å². The number of hydrogen-bond acceptors (Lipinski definition) is 6. The van der Waals surface area contributed by atoms with Crippen LogP contribution in [0.4, 0.5) is 0 Å². The van der Waals surface area contributed by atoms with E-state index < -0.39 is 5.41 Å². The highest BCUT2D eigenvalue weighted by Gasteiger charge is 2.54. The first-order valence-corrected chi connectivity index (χ1v) is 21.7. The van der Waals surface area contributed by atoms with E-state index in [9.17, 15) is 0 Å². The molecule has 10 aromatic rings. The van der Waals surface area contributed by atoms with Gasteiger partial charge in [0.2, 0.25) is 0 Å².